The number of hydrogen-bond donors (Lipinski definition) is 2. The van der Waals surface area contributed by atoms with Crippen LogP contribution in [0.3, 0.4) is 0 Å². The van der Waals surface area contributed by atoms with Crippen LogP contribution >= 0.6 is 12.4 Å². The Morgan fingerprint density at radius 2 is 1.76 bits per heavy atom. The highest BCUT2D eigenvalue weighted by atomic mass is 35.5. The first-order valence-electron chi connectivity index (χ1n) is 9.37. The van der Waals surface area contributed by atoms with Crippen molar-refractivity contribution < 1.29 is 13.6 Å². The summed E-state index contributed by atoms with van der Waals surface area (Å²) in [6.45, 7) is 1.86. The van der Waals surface area contributed by atoms with Gasteiger partial charge in [-0.3, -0.25) is 4.79 Å². The van der Waals surface area contributed by atoms with Crippen LogP contribution in [0.2, 0.25) is 0 Å². The predicted octanol–water partition coefficient (Wildman–Crippen LogP) is 4.16. The van der Waals surface area contributed by atoms with Gasteiger partial charge in [0.25, 0.3) is 0 Å². The molecule has 1 amide bonds. The van der Waals surface area contributed by atoms with Crippen LogP contribution in [0.5, 0.6) is 0 Å². The quantitative estimate of drug-likeness (QED) is 0.752. The van der Waals surface area contributed by atoms with Crippen LogP contribution in [-0.2, 0) is 4.79 Å². The van der Waals surface area contributed by atoms with Gasteiger partial charge in [-0.15, -0.1) is 12.4 Å². The van der Waals surface area contributed by atoms with Crippen LogP contribution in [0, 0.1) is 24.5 Å². The van der Waals surface area contributed by atoms with Crippen molar-refractivity contribution in [2.75, 3.05) is 29.6 Å². The first-order chi connectivity index (χ1) is 13.3. The number of aryl methyl sites for hydroxylation is 1. The standard InChI is InChI=1S/C20H25F2N5O.ClH/c1-12-23-18(11-19(24-12)27(2)3)25-14-6-4-13(5-7-14)20(28)26-15-8-9-16(21)17(22)10-15;/h8-11,13-14H,4-7H2,1-3H3,(H,26,28)(H,23,24,25);1H/t13-,14+;. The first-order valence-corrected chi connectivity index (χ1v) is 9.37. The van der Waals surface area contributed by atoms with E-state index in [4.69, 9.17) is 0 Å². The lowest BCUT2D eigenvalue weighted by atomic mass is 9.85. The molecular formula is C20H26ClF2N5O. The number of benzene rings is 1. The van der Waals surface area contributed by atoms with Gasteiger partial charge in [0.2, 0.25) is 5.91 Å². The van der Waals surface area contributed by atoms with E-state index in [-0.39, 0.29) is 36.0 Å². The van der Waals surface area contributed by atoms with E-state index in [2.05, 4.69) is 20.6 Å². The molecule has 0 atom stereocenters. The summed E-state index contributed by atoms with van der Waals surface area (Å²) in [6.07, 6.45) is 3.10. The van der Waals surface area contributed by atoms with Crippen LogP contribution in [0.1, 0.15) is 31.5 Å². The summed E-state index contributed by atoms with van der Waals surface area (Å²) >= 11 is 0. The molecule has 2 aromatic rings. The van der Waals surface area contributed by atoms with Crippen molar-refractivity contribution >= 4 is 35.6 Å². The van der Waals surface area contributed by atoms with Crippen LogP contribution < -0.4 is 15.5 Å². The molecule has 0 bridgehead atoms. The molecule has 1 fully saturated rings. The van der Waals surface area contributed by atoms with Crippen molar-refractivity contribution in [1.82, 2.24) is 9.97 Å². The highest BCUT2D eigenvalue weighted by Crippen LogP contribution is 2.28. The molecule has 1 aliphatic carbocycles. The minimum absolute atomic E-state index is 0. The third-order valence-corrected chi connectivity index (χ3v) is 4.92. The van der Waals surface area contributed by atoms with E-state index < -0.39 is 11.6 Å². The Hall–Kier alpha value is -2.48. The molecule has 1 aromatic carbocycles. The average molecular weight is 426 g/mol. The van der Waals surface area contributed by atoms with E-state index in [1.54, 1.807) is 0 Å². The topological polar surface area (TPSA) is 70.2 Å². The second-order valence-corrected chi connectivity index (χ2v) is 7.36. The van der Waals surface area contributed by atoms with Gasteiger partial charge in [0.1, 0.15) is 17.5 Å². The van der Waals surface area contributed by atoms with E-state index in [0.29, 0.717) is 5.82 Å². The van der Waals surface area contributed by atoms with Crippen LogP contribution in [0.4, 0.5) is 26.1 Å². The number of rotatable bonds is 5. The summed E-state index contributed by atoms with van der Waals surface area (Å²) in [5, 5.41) is 6.12. The van der Waals surface area contributed by atoms with E-state index in [1.165, 1.54) is 6.07 Å². The van der Waals surface area contributed by atoms with Crippen molar-refractivity contribution in [2.45, 2.75) is 38.6 Å². The fourth-order valence-corrected chi connectivity index (χ4v) is 3.38. The summed E-state index contributed by atoms with van der Waals surface area (Å²) in [5.41, 5.74) is 0.275. The lowest BCUT2D eigenvalue weighted by Crippen LogP contribution is -2.32. The van der Waals surface area contributed by atoms with Crippen molar-refractivity contribution in [3.63, 3.8) is 0 Å². The normalized spacial score (nSPS) is 18.5. The predicted molar refractivity (Wildman–Crippen MR) is 113 cm³/mol. The largest absolute Gasteiger partial charge is 0.367 e. The number of aromatic nitrogens is 2. The zero-order valence-electron chi connectivity index (χ0n) is 16.7. The van der Waals surface area contributed by atoms with E-state index in [9.17, 15) is 13.6 Å². The van der Waals surface area contributed by atoms with Crippen LogP contribution in [0.15, 0.2) is 24.3 Å². The minimum Gasteiger partial charge on any atom is -0.367 e. The second-order valence-electron chi connectivity index (χ2n) is 7.36. The summed E-state index contributed by atoms with van der Waals surface area (Å²) in [6, 6.07) is 5.52. The Labute approximate surface area is 175 Å². The van der Waals surface area contributed by atoms with E-state index in [0.717, 1.165) is 49.5 Å². The highest BCUT2D eigenvalue weighted by molar-refractivity contribution is 5.92. The number of nitrogens with zero attached hydrogens (tertiary/aromatic N) is 3. The van der Waals surface area contributed by atoms with Gasteiger partial charge >= 0.3 is 0 Å². The van der Waals surface area contributed by atoms with Gasteiger partial charge in [0.05, 0.1) is 0 Å². The molecule has 1 saturated carbocycles. The van der Waals surface area contributed by atoms with E-state index in [1.807, 2.05) is 32.0 Å². The van der Waals surface area contributed by atoms with Gasteiger partial charge in [0, 0.05) is 43.9 Å². The molecule has 0 unspecified atom stereocenters. The van der Waals surface area contributed by atoms with Crippen LogP contribution in [-0.4, -0.2) is 36.0 Å². The zero-order chi connectivity index (χ0) is 20.3. The lowest BCUT2D eigenvalue weighted by Gasteiger charge is -2.29. The molecule has 1 aromatic heterocycles. The Morgan fingerprint density at radius 3 is 2.38 bits per heavy atom. The molecule has 1 heterocycles. The number of carbonyl (C=O) groups excluding carboxylic acids is 1. The number of amides is 1. The average Bonchev–Trinajstić information content (AvgIpc) is 2.65. The molecule has 9 heteroatoms. The molecule has 2 N–H and O–H groups in total. The van der Waals surface area contributed by atoms with Gasteiger partial charge in [-0.25, -0.2) is 18.7 Å². The van der Waals surface area contributed by atoms with Crippen molar-refractivity contribution in [2.24, 2.45) is 5.92 Å². The molecule has 29 heavy (non-hydrogen) atoms. The molecular weight excluding hydrogens is 400 g/mol. The van der Waals surface area contributed by atoms with Gasteiger partial charge < -0.3 is 15.5 Å². The molecule has 0 spiro atoms. The number of nitrogens with one attached hydrogen (secondary N) is 2. The molecule has 1 aliphatic rings. The number of halogens is 3. The summed E-state index contributed by atoms with van der Waals surface area (Å²) in [5.74, 6) is 0.131. The molecule has 3 rings (SSSR count). The fraction of sp³-hybridized carbons (Fsp3) is 0.450. The molecule has 158 valence electrons. The number of hydrogen-bond acceptors (Lipinski definition) is 5. The van der Waals surface area contributed by atoms with Crippen LogP contribution in [0.25, 0.3) is 0 Å². The van der Waals surface area contributed by atoms with Gasteiger partial charge in [-0.2, -0.15) is 0 Å². The van der Waals surface area contributed by atoms with E-state index >= 15 is 0 Å². The monoisotopic (exact) mass is 425 g/mol. The third-order valence-electron chi connectivity index (χ3n) is 4.92. The van der Waals surface area contributed by atoms with Gasteiger partial charge in [0.15, 0.2) is 11.6 Å². The molecule has 0 radical (unpaired) electrons. The summed E-state index contributed by atoms with van der Waals surface area (Å²) in [4.78, 5) is 23.2. The second kappa shape index (κ2) is 9.82. The molecule has 6 nitrogen and oxygen atoms in total. The van der Waals surface area contributed by atoms with Gasteiger partial charge in [-0.05, 0) is 44.7 Å². The lowest BCUT2D eigenvalue weighted by molar-refractivity contribution is -0.120. The minimum atomic E-state index is -0.969. The smallest absolute Gasteiger partial charge is 0.227 e. The molecule has 0 aliphatic heterocycles. The van der Waals surface area contributed by atoms with Crippen molar-refractivity contribution in [1.29, 1.82) is 0 Å². The maximum atomic E-state index is 13.3. The zero-order valence-corrected chi connectivity index (χ0v) is 17.5. The SMILES string of the molecule is Cc1nc(N[C@H]2CC[C@@H](C(=O)Nc3ccc(F)c(F)c3)CC2)cc(N(C)C)n1.Cl. The number of anilines is 3. The third kappa shape index (κ3) is 6.00. The highest BCUT2D eigenvalue weighted by Gasteiger charge is 2.27. The Morgan fingerprint density at radius 1 is 1.07 bits per heavy atom. The first kappa shape index (κ1) is 22.8. The van der Waals surface area contributed by atoms with Gasteiger partial charge in [-0.1, -0.05) is 0 Å². The summed E-state index contributed by atoms with van der Waals surface area (Å²) < 4.78 is 26.3. The summed E-state index contributed by atoms with van der Waals surface area (Å²) in [7, 11) is 3.87. The van der Waals surface area contributed by atoms with Crippen molar-refractivity contribution in [3.8, 4) is 0 Å². The van der Waals surface area contributed by atoms with Crippen molar-refractivity contribution in [3.05, 3.63) is 41.7 Å². The number of carbonyl (C=O) groups is 1. The maximum absolute atomic E-state index is 13.3. The molecule has 0 saturated heterocycles. The maximum Gasteiger partial charge on any atom is 0.227 e. The Kier molecular flexibility index (Phi) is 7.73. The Balaban J connectivity index is 0.00000300. The fourth-order valence-electron chi connectivity index (χ4n) is 3.38. The Bertz CT molecular complexity index is 857.